The summed E-state index contributed by atoms with van der Waals surface area (Å²) in [7, 11) is 0. The van der Waals surface area contributed by atoms with Gasteiger partial charge in [0, 0.05) is 19.4 Å². The van der Waals surface area contributed by atoms with Crippen LogP contribution in [0.5, 0.6) is 0 Å². The molecule has 0 atom stereocenters. The summed E-state index contributed by atoms with van der Waals surface area (Å²) < 4.78 is 5.31. The number of imide groups is 1. The van der Waals surface area contributed by atoms with Crippen LogP contribution in [-0.2, 0) is 27.5 Å². The van der Waals surface area contributed by atoms with Gasteiger partial charge < -0.3 is 9.32 Å². The summed E-state index contributed by atoms with van der Waals surface area (Å²) in [5.74, 6) is -0.169. The first-order chi connectivity index (χ1) is 11.1. The minimum atomic E-state index is -0.281. The zero-order chi connectivity index (χ0) is 16.2. The number of nitrogens with zero attached hydrogens (tertiary/aromatic N) is 2. The Hall–Kier alpha value is -2.41. The maximum absolute atomic E-state index is 12.6. The zero-order valence-electron chi connectivity index (χ0n) is 12.4. The van der Waals surface area contributed by atoms with Crippen LogP contribution in [0.4, 0.5) is 0 Å². The molecule has 0 spiro atoms. The van der Waals surface area contributed by atoms with E-state index in [1.165, 1.54) is 0 Å². The zero-order valence-corrected chi connectivity index (χ0v) is 13.3. The highest BCUT2D eigenvalue weighted by Crippen LogP contribution is 2.16. The largest absolute Gasteiger partial charge is 0.467 e. The van der Waals surface area contributed by atoms with E-state index in [-0.39, 0.29) is 37.1 Å². The van der Waals surface area contributed by atoms with Crippen LogP contribution in [0, 0.1) is 0 Å². The van der Waals surface area contributed by atoms with Crippen molar-refractivity contribution < 1.29 is 18.8 Å². The Morgan fingerprint density at radius 2 is 2.00 bits per heavy atom. The SMILES string of the molecule is O=C(CN1C(=O)CCC1=O)N(Cc1ccsc1)Cc1ccco1. The summed E-state index contributed by atoms with van der Waals surface area (Å²) in [5.41, 5.74) is 1.01. The molecule has 6 nitrogen and oxygen atoms in total. The van der Waals surface area contributed by atoms with Crippen molar-refractivity contribution in [2.75, 3.05) is 6.54 Å². The van der Waals surface area contributed by atoms with Gasteiger partial charge in [-0.15, -0.1) is 0 Å². The molecule has 1 aliphatic rings. The molecular formula is C16H16N2O4S. The topological polar surface area (TPSA) is 70.8 Å². The molecule has 2 aromatic rings. The monoisotopic (exact) mass is 332 g/mol. The standard InChI is InChI=1S/C16H16N2O4S/c19-14-3-4-15(20)18(14)10-16(21)17(8-12-5-7-23-11-12)9-13-2-1-6-22-13/h1-2,5-7,11H,3-4,8-10H2. The van der Waals surface area contributed by atoms with Gasteiger partial charge >= 0.3 is 0 Å². The molecule has 0 radical (unpaired) electrons. The molecule has 0 aromatic carbocycles. The van der Waals surface area contributed by atoms with Crippen molar-refractivity contribution in [3.63, 3.8) is 0 Å². The Morgan fingerprint density at radius 3 is 2.61 bits per heavy atom. The van der Waals surface area contributed by atoms with E-state index in [2.05, 4.69) is 0 Å². The van der Waals surface area contributed by atoms with Gasteiger partial charge in [0.15, 0.2) is 0 Å². The van der Waals surface area contributed by atoms with Gasteiger partial charge in [-0.3, -0.25) is 19.3 Å². The molecule has 2 aromatic heterocycles. The number of carbonyl (C=O) groups excluding carboxylic acids is 3. The Balaban J connectivity index is 1.72. The van der Waals surface area contributed by atoms with Crippen molar-refractivity contribution in [2.45, 2.75) is 25.9 Å². The smallest absolute Gasteiger partial charge is 0.243 e. The summed E-state index contributed by atoms with van der Waals surface area (Å²) >= 11 is 1.55. The van der Waals surface area contributed by atoms with Crippen LogP contribution in [0.1, 0.15) is 24.2 Å². The van der Waals surface area contributed by atoms with E-state index < -0.39 is 0 Å². The molecule has 120 valence electrons. The summed E-state index contributed by atoms with van der Waals surface area (Å²) in [5, 5.41) is 3.91. The minimum absolute atomic E-state index is 0.189. The maximum atomic E-state index is 12.6. The predicted octanol–water partition coefficient (Wildman–Crippen LogP) is 2.02. The van der Waals surface area contributed by atoms with Crippen LogP contribution < -0.4 is 0 Å². The average Bonchev–Trinajstić information content (AvgIpc) is 3.26. The fourth-order valence-electron chi connectivity index (χ4n) is 2.46. The van der Waals surface area contributed by atoms with Gasteiger partial charge in [-0.25, -0.2) is 0 Å². The van der Waals surface area contributed by atoms with Gasteiger partial charge in [-0.2, -0.15) is 11.3 Å². The van der Waals surface area contributed by atoms with Crippen molar-refractivity contribution in [1.29, 1.82) is 0 Å². The second-order valence-electron chi connectivity index (χ2n) is 5.33. The third-order valence-corrected chi connectivity index (χ3v) is 4.41. The van der Waals surface area contributed by atoms with Crippen LogP contribution in [0.2, 0.25) is 0 Å². The fourth-order valence-corrected chi connectivity index (χ4v) is 3.12. The Morgan fingerprint density at radius 1 is 1.22 bits per heavy atom. The van der Waals surface area contributed by atoms with E-state index in [9.17, 15) is 14.4 Å². The van der Waals surface area contributed by atoms with Crippen LogP contribution >= 0.6 is 11.3 Å². The minimum Gasteiger partial charge on any atom is -0.467 e. The second-order valence-corrected chi connectivity index (χ2v) is 6.11. The van der Waals surface area contributed by atoms with Crippen LogP contribution in [0.15, 0.2) is 39.6 Å². The molecule has 7 heteroatoms. The van der Waals surface area contributed by atoms with Gasteiger partial charge in [0.1, 0.15) is 12.3 Å². The molecule has 3 amide bonds. The first kappa shape index (κ1) is 15.5. The quantitative estimate of drug-likeness (QED) is 0.759. The number of likely N-dealkylation sites (tertiary alicyclic amines) is 1. The van der Waals surface area contributed by atoms with Gasteiger partial charge in [0.2, 0.25) is 17.7 Å². The van der Waals surface area contributed by atoms with E-state index in [1.807, 2.05) is 16.8 Å². The number of amides is 3. The van der Waals surface area contributed by atoms with Crippen molar-refractivity contribution >= 4 is 29.1 Å². The van der Waals surface area contributed by atoms with Gasteiger partial charge in [-0.05, 0) is 34.5 Å². The molecule has 1 fully saturated rings. The van der Waals surface area contributed by atoms with E-state index in [1.54, 1.807) is 34.6 Å². The second kappa shape index (κ2) is 6.78. The highest BCUT2D eigenvalue weighted by Gasteiger charge is 2.32. The van der Waals surface area contributed by atoms with Gasteiger partial charge in [0.25, 0.3) is 0 Å². The molecule has 0 bridgehead atoms. The molecule has 3 rings (SSSR count). The molecule has 23 heavy (non-hydrogen) atoms. The number of furan rings is 1. The summed E-state index contributed by atoms with van der Waals surface area (Å²) in [6.45, 7) is 0.514. The highest BCUT2D eigenvalue weighted by molar-refractivity contribution is 7.07. The van der Waals surface area contributed by atoms with Crippen molar-refractivity contribution in [2.24, 2.45) is 0 Å². The van der Waals surface area contributed by atoms with Crippen molar-refractivity contribution in [3.05, 3.63) is 46.5 Å². The highest BCUT2D eigenvalue weighted by atomic mass is 32.1. The lowest BCUT2D eigenvalue weighted by molar-refractivity contribution is -0.146. The summed E-state index contributed by atoms with van der Waals surface area (Å²) in [6, 6.07) is 5.50. The van der Waals surface area contributed by atoms with E-state index in [0.717, 1.165) is 10.5 Å². The van der Waals surface area contributed by atoms with Crippen molar-refractivity contribution in [3.8, 4) is 0 Å². The van der Waals surface area contributed by atoms with Crippen LogP contribution in [0.25, 0.3) is 0 Å². The number of hydrogen-bond donors (Lipinski definition) is 0. The van der Waals surface area contributed by atoms with Gasteiger partial charge in [0.05, 0.1) is 12.8 Å². The maximum Gasteiger partial charge on any atom is 0.243 e. The number of thiophene rings is 1. The molecular weight excluding hydrogens is 316 g/mol. The molecule has 0 N–H and O–H groups in total. The lowest BCUT2D eigenvalue weighted by Crippen LogP contribution is -2.41. The summed E-state index contributed by atoms with van der Waals surface area (Å²) in [6.07, 6.45) is 1.93. The number of hydrogen-bond acceptors (Lipinski definition) is 5. The molecule has 0 unspecified atom stereocenters. The van der Waals surface area contributed by atoms with E-state index >= 15 is 0 Å². The van der Waals surface area contributed by atoms with Crippen LogP contribution in [-0.4, -0.2) is 34.1 Å². The average molecular weight is 332 g/mol. The van der Waals surface area contributed by atoms with Gasteiger partial charge in [-0.1, -0.05) is 0 Å². The normalized spacial score (nSPS) is 14.5. The number of rotatable bonds is 6. The van der Waals surface area contributed by atoms with Crippen LogP contribution in [0.3, 0.4) is 0 Å². The molecule has 3 heterocycles. The van der Waals surface area contributed by atoms with E-state index in [4.69, 9.17) is 4.42 Å². The Kier molecular flexibility index (Phi) is 4.57. The third-order valence-electron chi connectivity index (χ3n) is 3.68. The lowest BCUT2D eigenvalue weighted by Gasteiger charge is -2.23. The first-order valence-electron chi connectivity index (χ1n) is 7.28. The Bertz CT molecular complexity index is 642. The molecule has 1 saturated heterocycles. The molecule has 1 aliphatic heterocycles. The number of carbonyl (C=O) groups is 3. The fraction of sp³-hybridized carbons (Fsp3) is 0.312. The predicted molar refractivity (Wildman–Crippen MR) is 83.2 cm³/mol. The van der Waals surface area contributed by atoms with E-state index in [0.29, 0.717) is 18.8 Å². The third kappa shape index (κ3) is 3.68. The summed E-state index contributed by atoms with van der Waals surface area (Å²) in [4.78, 5) is 38.6. The van der Waals surface area contributed by atoms with Crippen molar-refractivity contribution in [1.82, 2.24) is 9.80 Å². The lowest BCUT2D eigenvalue weighted by atomic mass is 10.3. The molecule has 0 saturated carbocycles. The molecule has 0 aliphatic carbocycles. The first-order valence-corrected chi connectivity index (χ1v) is 8.22. The Labute approximate surface area is 137 Å².